The van der Waals surface area contributed by atoms with Crippen molar-refractivity contribution in [3.63, 3.8) is 0 Å². The van der Waals surface area contributed by atoms with Gasteiger partial charge in [-0.05, 0) is 37.6 Å². The van der Waals surface area contributed by atoms with Crippen LogP contribution in [0.4, 0.5) is 11.5 Å². The summed E-state index contributed by atoms with van der Waals surface area (Å²) in [6.07, 6.45) is 1.58. The quantitative estimate of drug-likeness (QED) is 0.759. The molecular weight excluding hydrogens is 320 g/mol. The van der Waals surface area contributed by atoms with Crippen LogP contribution in [0.1, 0.15) is 24.3 Å². The lowest BCUT2D eigenvalue weighted by atomic mass is 10.2. The molecule has 1 aromatic carbocycles. The van der Waals surface area contributed by atoms with Gasteiger partial charge in [-0.2, -0.15) is 0 Å². The Morgan fingerprint density at radius 2 is 2.12 bits per heavy atom. The number of hydrogen-bond acceptors (Lipinski definition) is 5. The average molecular weight is 340 g/mol. The molecule has 0 atom stereocenters. The maximum absolute atomic E-state index is 11.6. The Hall–Kier alpha value is -2.47. The third-order valence-electron chi connectivity index (χ3n) is 3.84. The van der Waals surface area contributed by atoms with Crippen LogP contribution in [0.3, 0.4) is 0 Å². The standard InChI is InChI=1S/C18H20N4OS/c1-4-22(13(3)23)10-14-6-5-7-15(9-14)21-17-16-8-12(2)24-18(16)20-11-19-17/h5-9,11H,4,10H2,1-3H3,(H,19,20,21). The number of aromatic nitrogens is 2. The highest BCUT2D eigenvalue weighted by molar-refractivity contribution is 7.18. The minimum atomic E-state index is 0.0853. The van der Waals surface area contributed by atoms with Crippen molar-refractivity contribution in [2.45, 2.75) is 27.3 Å². The highest BCUT2D eigenvalue weighted by Gasteiger charge is 2.09. The molecule has 124 valence electrons. The number of carbonyl (C=O) groups is 1. The van der Waals surface area contributed by atoms with E-state index < -0.39 is 0 Å². The topological polar surface area (TPSA) is 58.1 Å². The Morgan fingerprint density at radius 1 is 1.29 bits per heavy atom. The van der Waals surface area contributed by atoms with Gasteiger partial charge in [0.15, 0.2) is 0 Å². The largest absolute Gasteiger partial charge is 0.340 e. The molecule has 0 fully saturated rings. The number of aryl methyl sites for hydroxylation is 1. The number of thiophene rings is 1. The van der Waals surface area contributed by atoms with Crippen molar-refractivity contribution in [1.29, 1.82) is 0 Å². The van der Waals surface area contributed by atoms with Crippen LogP contribution in [0, 0.1) is 6.92 Å². The van der Waals surface area contributed by atoms with E-state index in [0.717, 1.165) is 27.3 Å². The van der Waals surface area contributed by atoms with Gasteiger partial charge in [0.1, 0.15) is 17.0 Å². The summed E-state index contributed by atoms with van der Waals surface area (Å²) in [4.78, 5) is 24.3. The number of fused-ring (bicyclic) bond motifs is 1. The summed E-state index contributed by atoms with van der Waals surface area (Å²) in [5.74, 6) is 0.891. The monoisotopic (exact) mass is 340 g/mol. The van der Waals surface area contributed by atoms with Gasteiger partial charge in [0.25, 0.3) is 0 Å². The van der Waals surface area contributed by atoms with Crippen LogP contribution in [0.5, 0.6) is 0 Å². The first-order valence-electron chi connectivity index (χ1n) is 7.89. The molecule has 0 radical (unpaired) electrons. The van der Waals surface area contributed by atoms with E-state index >= 15 is 0 Å². The minimum Gasteiger partial charge on any atom is -0.340 e. The zero-order valence-electron chi connectivity index (χ0n) is 14.0. The molecule has 0 bridgehead atoms. The summed E-state index contributed by atoms with van der Waals surface area (Å²) >= 11 is 1.66. The van der Waals surface area contributed by atoms with Crippen molar-refractivity contribution in [3.05, 3.63) is 47.1 Å². The molecule has 2 heterocycles. The Bertz CT molecular complexity index is 874. The first-order chi connectivity index (χ1) is 11.6. The number of nitrogens with one attached hydrogen (secondary N) is 1. The van der Waals surface area contributed by atoms with E-state index in [4.69, 9.17) is 0 Å². The van der Waals surface area contributed by atoms with E-state index in [0.29, 0.717) is 13.1 Å². The molecule has 3 rings (SSSR count). The van der Waals surface area contributed by atoms with Gasteiger partial charge in [0, 0.05) is 30.6 Å². The van der Waals surface area contributed by atoms with Crippen LogP contribution in [-0.4, -0.2) is 27.3 Å². The summed E-state index contributed by atoms with van der Waals surface area (Å²) in [5.41, 5.74) is 2.04. The first-order valence-corrected chi connectivity index (χ1v) is 8.71. The predicted octanol–water partition coefficient (Wildman–Crippen LogP) is 4.11. The van der Waals surface area contributed by atoms with Crippen LogP contribution in [-0.2, 0) is 11.3 Å². The van der Waals surface area contributed by atoms with E-state index in [2.05, 4.69) is 34.3 Å². The zero-order valence-corrected chi connectivity index (χ0v) is 14.9. The third kappa shape index (κ3) is 3.54. The Labute approximate surface area is 145 Å². The lowest BCUT2D eigenvalue weighted by molar-refractivity contribution is -0.129. The number of benzene rings is 1. The van der Waals surface area contributed by atoms with Crippen molar-refractivity contribution >= 4 is 39.0 Å². The second kappa shape index (κ2) is 6.97. The molecule has 0 aliphatic carbocycles. The Balaban J connectivity index is 1.85. The highest BCUT2D eigenvalue weighted by atomic mass is 32.1. The molecule has 1 N–H and O–H groups in total. The van der Waals surface area contributed by atoms with Gasteiger partial charge < -0.3 is 10.2 Å². The van der Waals surface area contributed by atoms with Crippen molar-refractivity contribution in [2.75, 3.05) is 11.9 Å². The number of amides is 1. The lowest BCUT2D eigenvalue weighted by Gasteiger charge is -2.19. The van der Waals surface area contributed by atoms with Gasteiger partial charge in [-0.3, -0.25) is 4.79 Å². The zero-order chi connectivity index (χ0) is 17.1. The molecule has 5 nitrogen and oxygen atoms in total. The van der Waals surface area contributed by atoms with Crippen LogP contribution in [0.2, 0.25) is 0 Å². The molecule has 0 aliphatic rings. The molecular formula is C18H20N4OS. The Morgan fingerprint density at radius 3 is 2.88 bits per heavy atom. The fourth-order valence-corrected chi connectivity index (χ4v) is 3.47. The number of hydrogen-bond donors (Lipinski definition) is 1. The molecule has 0 spiro atoms. The molecule has 0 aliphatic heterocycles. The van der Waals surface area contributed by atoms with Crippen LogP contribution in [0.25, 0.3) is 10.2 Å². The number of nitrogens with zero attached hydrogens (tertiary/aromatic N) is 3. The number of rotatable bonds is 5. The molecule has 0 saturated heterocycles. The summed E-state index contributed by atoms with van der Waals surface area (Å²) in [5, 5.41) is 4.41. The van der Waals surface area contributed by atoms with Gasteiger partial charge in [-0.15, -0.1) is 11.3 Å². The van der Waals surface area contributed by atoms with Crippen molar-refractivity contribution in [1.82, 2.24) is 14.9 Å². The van der Waals surface area contributed by atoms with Gasteiger partial charge in [-0.1, -0.05) is 12.1 Å². The highest BCUT2D eigenvalue weighted by Crippen LogP contribution is 2.29. The maximum Gasteiger partial charge on any atom is 0.219 e. The fourth-order valence-electron chi connectivity index (χ4n) is 2.63. The second-order valence-electron chi connectivity index (χ2n) is 5.66. The van der Waals surface area contributed by atoms with Gasteiger partial charge >= 0.3 is 0 Å². The third-order valence-corrected chi connectivity index (χ3v) is 4.80. The first kappa shape index (κ1) is 16.4. The molecule has 1 amide bonds. The molecule has 6 heteroatoms. The predicted molar refractivity (Wildman–Crippen MR) is 98.6 cm³/mol. The van der Waals surface area contributed by atoms with E-state index in [1.807, 2.05) is 30.0 Å². The average Bonchev–Trinajstić information content (AvgIpc) is 2.94. The smallest absolute Gasteiger partial charge is 0.219 e. The van der Waals surface area contributed by atoms with E-state index in [9.17, 15) is 4.79 Å². The molecule has 0 unspecified atom stereocenters. The van der Waals surface area contributed by atoms with Gasteiger partial charge in [0.05, 0.1) is 5.39 Å². The lowest BCUT2D eigenvalue weighted by Crippen LogP contribution is -2.27. The summed E-state index contributed by atoms with van der Waals surface area (Å²) in [6.45, 7) is 6.96. The van der Waals surface area contributed by atoms with Crippen molar-refractivity contribution < 1.29 is 4.79 Å². The summed E-state index contributed by atoms with van der Waals surface area (Å²) in [6, 6.07) is 10.2. The normalized spacial score (nSPS) is 10.8. The van der Waals surface area contributed by atoms with Gasteiger partial charge in [-0.25, -0.2) is 9.97 Å². The number of carbonyl (C=O) groups excluding carboxylic acids is 1. The minimum absolute atomic E-state index is 0.0853. The number of anilines is 2. The maximum atomic E-state index is 11.6. The Kier molecular flexibility index (Phi) is 4.76. The van der Waals surface area contributed by atoms with E-state index in [1.165, 1.54) is 4.88 Å². The van der Waals surface area contributed by atoms with Crippen LogP contribution < -0.4 is 5.32 Å². The van der Waals surface area contributed by atoms with Crippen molar-refractivity contribution in [3.8, 4) is 0 Å². The fraction of sp³-hybridized carbons (Fsp3) is 0.278. The van der Waals surface area contributed by atoms with E-state index in [-0.39, 0.29) is 5.91 Å². The van der Waals surface area contributed by atoms with E-state index in [1.54, 1.807) is 24.6 Å². The van der Waals surface area contributed by atoms with Crippen molar-refractivity contribution in [2.24, 2.45) is 0 Å². The van der Waals surface area contributed by atoms with Crippen LogP contribution >= 0.6 is 11.3 Å². The SMILES string of the molecule is CCN(Cc1cccc(Nc2ncnc3sc(C)cc23)c1)C(C)=O. The molecule has 3 aromatic rings. The molecule has 0 saturated carbocycles. The summed E-state index contributed by atoms with van der Waals surface area (Å²) < 4.78 is 0. The second-order valence-corrected chi connectivity index (χ2v) is 6.89. The molecule has 2 aromatic heterocycles. The summed E-state index contributed by atoms with van der Waals surface area (Å²) in [7, 11) is 0. The van der Waals surface area contributed by atoms with Crippen LogP contribution in [0.15, 0.2) is 36.7 Å². The van der Waals surface area contributed by atoms with Gasteiger partial charge in [0.2, 0.25) is 5.91 Å². The molecule has 24 heavy (non-hydrogen) atoms.